The van der Waals surface area contributed by atoms with E-state index in [1.165, 1.54) is 19.2 Å². The maximum Gasteiger partial charge on any atom is 0.411 e. The van der Waals surface area contributed by atoms with Gasteiger partial charge in [0.1, 0.15) is 17.5 Å². The number of amides is 1. The molecule has 8 heteroatoms. The number of ether oxygens (including phenoxy) is 1. The van der Waals surface area contributed by atoms with Crippen LogP contribution in [0.15, 0.2) is 36.4 Å². The number of nitrogens with two attached hydrogens (primary N) is 1. The molecule has 0 aliphatic rings. The van der Waals surface area contributed by atoms with Crippen LogP contribution in [0.3, 0.4) is 0 Å². The maximum atomic E-state index is 12.8. The van der Waals surface area contributed by atoms with Gasteiger partial charge in [0.2, 0.25) is 0 Å². The standard InChI is InChI=1S/C14H15FN4O2.ClH/c1-21-14(20)18-11-6-7-12(19-13(11)16)17-8-9-2-4-10(15)5-3-9;/h2-7H,8H2,1H3,(H,18,20)(H3,16,17,19);1H. The van der Waals surface area contributed by atoms with Gasteiger partial charge in [-0.15, -0.1) is 12.4 Å². The first-order valence-corrected chi connectivity index (χ1v) is 6.18. The number of aromatic nitrogens is 1. The highest BCUT2D eigenvalue weighted by Crippen LogP contribution is 2.19. The summed E-state index contributed by atoms with van der Waals surface area (Å²) in [5.74, 6) is 0.441. The second-order valence-electron chi connectivity index (χ2n) is 4.23. The van der Waals surface area contributed by atoms with Crippen molar-refractivity contribution in [2.75, 3.05) is 23.5 Å². The predicted octanol–water partition coefficient (Wildman–Crippen LogP) is 3.02. The molecule has 1 aromatic heterocycles. The Morgan fingerprint density at radius 2 is 1.95 bits per heavy atom. The molecule has 4 N–H and O–H groups in total. The lowest BCUT2D eigenvalue weighted by Gasteiger charge is -2.10. The van der Waals surface area contributed by atoms with Gasteiger partial charge >= 0.3 is 6.09 Å². The van der Waals surface area contributed by atoms with E-state index in [9.17, 15) is 9.18 Å². The summed E-state index contributed by atoms with van der Waals surface area (Å²) in [5.41, 5.74) is 7.02. The molecule has 0 unspecified atom stereocenters. The number of hydrogen-bond acceptors (Lipinski definition) is 5. The van der Waals surface area contributed by atoms with Gasteiger partial charge < -0.3 is 15.8 Å². The lowest BCUT2D eigenvalue weighted by molar-refractivity contribution is 0.187. The highest BCUT2D eigenvalue weighted by atomic mass is 35.5. The molecule has 22 heavy (non-hydrogen) atoms. The molecule has 2 rings (SSSR count). The monoisotopic (exact) mass is 326 g/mol. The lowest BCUT2D eigenvalue weighted by Crippen LogP contribution is -2.13. The van der Waals surface area contributed by atoms with E-state index in [2.05, 4.69) is 20.4 Å². The number of anilines is 3. The fraction of sp³-hybridized carbons (Fsp3) is 0.143. The van der Waals surface area contributed by atoms with Gasteiger partial charge in [-0.25, -0.2) is 14.2 Å². The van der Waals surface area contributed by atoms with E-state index in [4.69, 9.17) is 5.73 Å². The number of carbonyl (C=O) groups is 1. The Labute approximate surface area is 133 Å². The average molecular weight is 327 g/mol. The van der Waals surface area contributed by atoms with E-state index in [0.29, 0.717) is 18.1 Å². The number of benzene rings is 1. The fourth-order valence-corrected chi connectivity index (χ4v) is 1.63. The number of nitrogen functional groups attached to an aromatic ring is 1. The molecule has 0 bridgehead atoms. The molecule has 0 saturated heterocycles. The lowest BCUT2D eigenvalue weighted by atomic mass is 10.2. The average Bonchev–Trinajstić information content (AvgIpc) is 2.49. The Bertz CT molecular complexity index is 637. The van der Waals surface area contributed by atoms with E-state index in [-0.39, 0.29) is 24.0 Å². The quantitative estimate of drug-likeness (QED) is 0.803. The van der Waals surface area contributed by atoms with Crippen LogP contribution >= 0.6 is 12.4 Å². The number of halogens is 2. The van der Waals surface area contributed by atoms with Crippen LogP contribution in [0.5, 0.6) is 0 Å². The second-order valence-corrected chi connectivity index (χ2v) is 4.23. The van der Waals surface area contributed by atoms with Gasteiger partial charge in [-0.3, -0.25) is 5.32 Å². The molecular formula is C14H16ClFN4O2. The van der Waals surface area contributed by atoms with Crippen LogP contribution in [0.4, 0.5) is 26.5 Å². The Morgan fingerprint density at radius 1 is 1.27 bits per heavy atom. The summed E-state index contributed by atoms with van der Waals surface area (Å²) >= 11 is 0. The van der Waals surface area contributed by atoms with E-state index in [1.54, 1.807) is 24.3 Å². The molecular weight excluding hydrogens is 311 g/mol. The summed E-state index contributed by atoms with van der Waals surface area (Å²) in [6, 6.07) is 9.43. The van der Waals surface area contributed by atoms with Gasteiger partial charge in [0.15, 0.2) is 0 Å². The molecule has 0 aliphatic carbocycles. The molecule has 0 spiro atoms. The van der Waals surface area contributed by atoms with Gasteiger partial charge in [-0.05, 0) is 29.8 Å². The number of carbonyl (C=O) groups excluding carboxylic acids is 1. The van der Waals surface area contributed by atoms with Crippen molar-refractivity contribution in [3.05, 3.63) is 47.8 Å². The fourth-order valence-electron chi connectivity index (χ4n) is 1.63. The van der Waals surface area contributed by atoms with Gasteiger partial charge in [0.25, 0.3) is 0 Å². The predicted molar refractivity (Wildman–Crippen MR) is 85.7 cm³/mol. The maximum absolute atomic E-state index is 12.8. The zero-order chi connectivity index (χ0) is 15.2. The van der Waals surface area contributed by atoms with Crippen molar-refractivity contribution < 1.29 is 13.9 Å². The van der Waals surface area contributed by atoms with Crippen molar-refractivity contribution in [1.82, 2.24) is 4.98 Å². The van der Waals surface area contributed by atoms with Crippen LogP contribution in [0.1, 0.15) is 5.56 Å². The first-order chi connectivity index (χ1) is 10.1. The Hall–Kier alpha value is -2.54. The minimum Gasteiger partial charge on any atom is -0.453 e. The molecule has 0 radical (unpaired) electrons. The summed E-state index contributed by atoms with van der Waals surface area (Å²) in [6.07, 6.45) is -0.615. The smallest absolute Gasteiger partial charge is 0.411 e. The number of methoxy groups -OCH3 is 1. The highest BCUT2D eigenvalue weighted by molar-refractivity contribution is 5.88. The molecule has 0 aliphatic heterocycles. The first kappa shape index (κ1) is 17.5. The van der Waals surface area contributed by atoms with E-state index < -0.39 is 6.09 Å². The zero-order valence-electron chi connectivity index (χ0n) is 11.8. The van der Waals surface area contributed by atoms with E-state index in [1.807, 2.05) is 0 Å². The van der Waals surface area contributed by atoms with Crippen LogP contribution in [-0.2, 0) is 11.3 Å². The van der Waals surface area contributed by atoms with Gasteiger partial charge in [-0.1, -0.05) is 12.1 Å². The third kappa shape index (κ3) is 4.78. The van der Waals surface area contributed by atoms with E-state index in [0.717, 1.165) is 5.56 Å². The Kier molecular flexibility index (Phi) is 6.40. The normalized spacial score (nSPS) is 9.55. The summed E-state index contributed by atoms with van der Waals surface area (Å²) < 4.78 is 17.3. The third-order valence-corrected chi connectivity index (χ3v) is 2.73. The SMILES string of the molecule is COC(=O)Nc1ccc(NCc2ccc(F)cc2)nc1N.Cl. The van der Waals surface area contributed by atoms with Crippen LogP contribution in [0, 0.1) is 5.82 Å². The number of nitrogens with one attached hydrogen (secondary N) is 2. The molecule has 0 fully saturated rings. The molecule has 1 heterocycles. The first-order valence-electron chi connectivity index (χ1n) is 6.18. The minimum absolute atomic E-state index is 0. The molecule has 2 aromatic rings. The Balaban J connectivity index is 0.00000242. The largest absolute Gasteiger partial charge is 0.453 e. The van der Waals surface area contributed by atoms with Gasteiger partial charge in [0, 0.05) is 6.54 Å². The Morgan fingerprint density at radius 3 is 2.55 bits per heavy atom. The molecule has 118 valence electrons. The summed E-state index contributed by atoms with van der Waals surface area (Å²) in [4.78, 5) is 15.2. The number of nitrogens with zero attached hydrogens (tertiary/aromatic N) is 1. The summed E-state index contributed by atoms with van der Waals surface area (Å²) in [6.45, 7) is 0.483. The molecule has 0 atom stereocenters. The van der Waals surface area contributed by atoms with Crippen LogP contribution in [0.25, 0.3) is 0 Å². The van der Waals surface area contributed by atoms with Crippen molar-refractivity contribution in [3.8, 4) is 0 Å². The van der Waals surface area contributed by atoms with Crippen molar-refractivity contribution in [3.63, 3.8) is 0 Å². The number of rotatable bonds is 4. The highest BCUT2D eigenvalue weighted by Gasteiger charge is 2.06. The van der Waals surface area contributed by atoms with Crippen LogP contribution < -0.4 is 16.4 Å². The zero-order valence-corrected chi connectivity index (χ0v) is 12.6. The van der Waals surface area contributed by atoms with Crippen molar-refractivity contribution in [2.24, 2.45) is 0 Å². The number of pyridine rings is 1. The van der Waals surface area contributed by atoms with Crippen LogP contribution in [0.2, 0.25) is 0 Å². The molecule has 0 saturated carbocycles. The third-order valence-electron chi connectivity index (χ3n) is 2.73. The topological polar surface area (TPSA) is 89.3 Å². The molecule has 1 aromatic carbocycles. The van der Waals surface area contributed by atoms with Crippen molar-refractivity contribution in [1.29, 1.82) is 0 Å². The van der Waals surface area contributed by atoms with Gasteiger partial charge in [-0.2, -0.15) is 0 Å². The van der Waals surface area contributed by atoms with E-state index >= 15 is 0 Å². The van der Waals surface area contributed by atoms with Crippen molar-refractivity contribution >= 4 is 35.8 Å². The molecule has 1 amide bonds. The number of hydrogen-bond donors (Lipinski definition) is 3. The minimum atomic E-state index is -0.615. The van der Waals surface area contributed by atoms with Crippen LogP contribution in [-0.4, -0.2) is 18.2 Å². The molecule has 6 nitrogen and oxygen atoms in total. The summed E-state index contributed by atoms with van der Waals surface area (Å²) in [7, 11) is 1.26. The van der Waals surface area contributed by atoms with Gasteiger partial charge in [0.05, 0.1) is 12.8 Å². The van der Waals surface area contributed by atoms with Crippen molar-refractivity contribution in [2.45, 2.75) is 6.54 Å². The summed E-state index contributed by atoms with van der Waals surface area (Å²) in [5, 5.41) is 5.51. The second kappa shape index (κ2) is 8.04.